The van der Waals surface area contributed by atoms with Crippen molar-refractivity contribution < 1.29 is 5.11 Å². The number of anilines is 1. The highest BCUT2D eigenvalue weighted by Crippen LogP contribution is 2.51. The minimum atomic E-state index is -0.0715. The highest BCUT2D eigenvalue weighted by atomic mass is 79.9. The van der Waals surface area contributed by atoms with Crippen LogP contribution in [0.2, 0.25) is 0 Å². The first-order chi connectivity index (χ1) is 11.4. The topological polar surface area (TPSA) is 46.2 Å². The molecular weight excluding hydrogens is 362 g/mol. The van der Waals surface area contributed by atoms with Gasteiger partial charge in [-0.2, -0.15) is 0 Å². The van der Waals surface area contributed by atoms with E-state index < -0.39 is 0 Å². The first-order valence-electron chi connectivity index (χ1n) is 7.92. The van der Waals surface area contributed by atoms with Gasteiger partial charge in [0.05, 0.1) is 0 Å². The number of benzene rings is 3. The van der Waals surface area contributed by atoms with Crippen LogP contribution in [0.4, 0.5) is 5.69 Å². The number of aromatic hydroxyl groups is 1. The van der Waals surface area contributed by atoms with E-state index in [0.29, 0.717) is 5.69 Å². The second-order valence-electron chi connectivity index (χ2n) is 6.82. The Morgan fingerprint density at radius 3 is 2.38 bits per heavy atom. The van der Waals surface area contributed by atoms with Crippen molar-refractivity contribution in [2.75, 3.05) is 5.73 Å². The molecule has 3 aromatic rings. The highest BCUT2D eigenvalue weighted by molar-refractivity contribution is 9.10. The summed E-state index contributed by atoms with van der Waals surface area (Å²) >= 11 is 3.47. The molecule has 0 radical (unpaired) electrons. The predicted molar refractivity (Wildman–Crippen MR) is 103 cm³/mol. The molecule has 2 nitrogen and oxygen atoms in total. The van der Waals surface area contributed by atoms with E-state index in [0.717, 1.165) is 15.6 Å². The van der Waals surface area contributed by atoms with Gasteiger partial charge in [0, 0.05) is 26.7 Å². The van der Waals surface area contributed by atoms with Crippen molar-refractivity contribution in [3.05, 3.63) is 70.2 Å². The Kier molecular flexibility index (Phi) is 3.26. The fourth-order valence-electron chi connectivity index (χ4n) is 3.72. The molecule has 0 fully saturated rings. The maximum absolute atomic E-state index is 10.3. The maximum atomic E-state index is 10.3. The van der Waals surface area contributed by atoms with Crippen molar-refractivity contribution in [1.82, 2.24) is 0 Å². The quantitative estimate of drug-likeness (QED) is 0.531. The normalized spacial score (nSPS) is 14.3. The number of nitrogens with two attached hydrogens (primary N) is 1. The van der Waals surface area contributed by atoms with Crippen LogP contribution in [-0.4, -0.2) is 5.11 Å². The summed E-state index contributed by atoms with van der Waals surface area (Å²) in [5.41, 5.74) is 13.6. The van der Waals surface area contributed by atoms with Crippen LogP contribution in [0.15, 0.2) is 59.1 Å². The minimum Gasteiger partial charge on any atom is -0.507 e. The summed E-state index contributed by atoms with van der Waals surface area (Å²) in [6, 6.07) is 18.1. The highest BCUT2D eigenvalue weighted by Gasteiger charge is 2.35. The molecule has 0 saturated carbocycles. The molecule has 1 aliphatic carbocycles. The van der Waals surface area contributed by atoms with E-state index in [2.05, 4.69) is 66.2 Å². The van der Waals surface area contributed by atoms with Gasteiger partial charge in [0.2, 0.25) is 0 Å². The van der Waals surface area contributed by atoms with Crippen molar-refractivity contribution in [3.8, 4) is 28.0 Å². The summed E-state index contributed by atoms with van der Waals surface area (Å²) < 4.78 is 0.913. The van der Waals surface area contributed by atoms with Gasteiger partial charge in [-0.1, -0.05) is 54.0 Å². The third kappa shape index (κ3) is 2.08. The van der Waals surface area contributed by atoms with Crippen LogP contribution in [-0.2, 0) is 5.41 Å². The van der Waals surface area contributed by atoms with Gasteiger partial charge in [-0.15, -0.1) is 0 Å². The second-order valence-corrected chi connectivity index (χ2v) is 7.73. The first kappa shape index (κ1) is 15.3. The summed E-state index contributed by atoms with van der Waals surface area (Å²) in [4.78, 5) is 0. The van der Waals surface area contributed by atoms with Gasteiger partial charge in [-0.3, -0.25) is 0 Å². The fourth-order valence-corrected chi connectivity index (χ4v) is 4.08. The SMILES string of the molecule is CC1(C)c2ccccc2-c2cc(-c3cc(Br)ccc3O)c(N)cc21. The molecule has 3 heteroatoms. The van der Waals surface area contributed by atoms with Crippen molar-refractivity contribution in [3.63, 3.8) is 0 Å². The molecule has 24 heavy (non-hydrogen) atoms. The third-order valence-electron chi connectivity index (χ3n) is 5.00. The van der Waals surface area contributed by atoms with Crippen LogP contribution in [0.5, 0.6) is 5.75 Å². The molecule has 0 heterocycles. The first-order valence-corrected chi connectivity index (χ1v) is 8.71. The lowest BCUT2D eigenvalue weighted by atomic mass is 9.82. The average molecular weight is 380 g/mol. The number of phenolic OH excluding ortho intramolecular Hbond substituents is 1. The lowest BCUT2D eigenvalue weighted by Crippen LogP contribution is -2.15. The van der Waals surface area contributed by atoms with Gasteiger partial charge in [0.1, 0.15) is 5.75 Å². The van der Waals surface area contributed by atoms with Gasteiger partial charge in [0.15, 0.2) is 0 Å². The van der Waals surface area contributed by atoms with Crippen LogP contribution in [0, 0.1) is 0 Å². The molecule has 0 spiro atoms. The number of fused-ring (bicyclic) bond motifs is 3. The Morgan fingerprint density at radius 2 is 1.58 bits per heavy atom. The summed E-state index contributed by atoms with van der Waals surface area (Å²) in [6.07, 6.45) is 0. The largest absolute Gasteiger partial charge is 0.507 e. The van der Waals surface area contributed by atoms with E-state index >= 15 is 0 Å². The number of nitrogen functional groups attached to an aromatic ring is 1. The van der Waals surface area contributed by atoms with Crippen molar-refractivity contribution >= 4 is 21.6 Å². The predicted octanol–water partition coefficient (Wildman–Crippen LogP) is 5.71. The zero-order chi connectivity index (χ0) is 17.1. The third-order valence-corrected chi connectivity index (χ3v) is 5.50. The summed E-state index contributed by atoms with van der Waals surface area (Å²) in [5.74, 6) is 0.232. The number of hydrogen-bond acceptors (Lipinski definition) is 2. The van der Waals surface area contributed by atoms with Gasteiger partial charge < -0.3 is 10.8 Å². The zero-order valence-electron chi connectivity index (χ0n) is 13.6. The lowest BCUT2D eigenvalue weighted by Gasteiger charge is -2.22. The summed E-state index contributed by atoms with van der Waals surface area (Å²) in [7, 11) is 0. The molecule has 0 amide bonds. The molecule has 1 aliphatic rings. The van der Waals surface area contributed by atoms with E-state index in [1.165, 1.54) is 22.3 Å². The molecular formula is C21H18BrNO. The second kappa shape index (κ2) is 5.12. The average Bonchev–Trinajstić information content (AvgIpc) is 2.77. The molecule has 4 rings (SSSR count). The van der Waals surface area contributed by atoms with E-state index in [4.69, 9.17) is 5.73 Å². The van der Waals surface area contributed by atoms with E-state index in [1.807, 2.05) is 12.1 Å². The minimum absolute atomic E-state index is 0.0715. The maximum Gasteiger partial charge on any atom is 0.123 e. The van der Waals surface area contributed by atoms with Crippen LogP contribution in [0.1, 0.15) is 25.0 Å². The molecule has 0 bridgehead atoms. The molecule has 0 aliphatic heterocycles. The van der Waals surface area contributed by atoms with Crippen LogP contribution in [0.3, 0.4) is 0 Å². The summed E-state index contributed by atoms with van der Waals surface area (Å²) in [5, 5.41) is 10.3. The van der Waals surface area contributed by atoms with Gasteiger partial charge in [0.25, 0.3) is 0 Å². The standard InChI is InChI=1S/C21H18BrNO/c1-21(2)17-6-4-3-5-13(17)14-10-15(19(23)11-18(14)21)16-9-12(22)7-8-20(16)24/h3-11,24H,23H2,1-2H3. The van der Waals surface area contributed by atoms with Gasteiger partial charge in [-0.05, 0) is 52.6 Å². The monoisotopic (exact) mass is 379 g/mol. The van der Waals surface area contributed by atoms with E-state index in [-0.39, 0.29) is 11.2 Å². The molecule has 0 aromatic heterocycles. The fraction of sp³-hybridized carbons (Fsp3) is 0.143. The molecule has 120 valence electrons. The zero-order valence-corrected chi connectivity index (χ0v) is 15.2. The molecule has 3 aromatic carbocycles. The number of phenols is 1. The smallest absolute Gasteiger partial charge is 0.123 e. The van der Waals surface area contributed by atoms with Crippen LogP contribution in [0.25, 0.3) is 22.3 Å². The molecule has 0 saturated heterocycles. The van der Waals surface area contributed by atoms with E-state index in [1.54, 1.807) is 6.07 Å². The Bertz CT molecular complexity index is 976. The van der Waals surface area contributed by atoms with Crippen molar-refractivity contribution in [1.29, 1.82) is 0 Å². The number of rotatable bonds is 1. The van der Waals surface area contributed by atoms with E-state index in [9.17, 15) is 5.11 Å². The molecule has 3 N–H and O–H groups in total. The van der Waals surface area contributed by atoms with Crippen molar-refractivity contribution in [2.45, 2.75) is 19.3 Å². The Morgan fingerprint density at radius 1 is 0.833 bits per heavy atom. The molecule has 0 unspecified atom stereocenters. The molecule has 0 atom stereocenters. The Hall–Kier alpha value is -2.26. The van der Waals surface area contributed by atoms with Crippen LogP contribution >= 0.6 is 15.9 Å². The van der Waals surface area contributed by atoms with Crippen molar-refractivity contribution in [2.24, 2.45) is 0 Å². The number of hydrogen-bond donors (Lipinski definition) is 2. The summed E-state index contributed by atoms with van der Waals surface area (Å²) in [6.45, 7) is 4.46. The Balaban J connectivity index is 2.02. The lowest BCUT2D eigenvalue weighted by molar-refractivity contribution is 0.477. The number of halogens is 1. The van der Waals surface area contributed by atoms with Crippen LogP contribution < -0.4 is 5.73 Å². The van der Waals surface area contributed by atoms with Gasteiger partial charge in [-0.25, -0.2) is 0 Å². The van der Waals surface area contributed by atoms with Gasteiger partial charge >= 0.3 is 0 Å². The Labute approximate surface area is 150 Å².